The van der Waals surface area contributed by atoms with Gasteiger partial charge in [-0.05, 0) is 55.0 Å². The summed E-state index contributed by atoms with van der Waals surface area (Å²) in [6.07, 6.45) is 3.40. The smallest absolute Gasteiger partial charge is 0.338 e. The number of imide groups is 2. The van der Waals surface area contributed by atoms with E-state index in [0.717, 1.165) is 21.1 Å². The van der Waals surface area contributed by atoms with Gasteiger partial charge >= 0.3 is 6.03 Å². The van der Waals surface area contributed by atoms with Gasteiger partial charge in [0.25, 0.3) is 11.8 Å². The highest BCUT2D eigenvalue weighted by Gasteiger charge is 2.42. The third-order valence-electron chi connectivity index (χ3n) is 5.22. The number of aromatic nitrogens is 1. The van der Waals surface area contributed by atoms with Gasteiger partial charge in [-0.2, -0.15) is 0 Å². The average Bonchev–Trinajstić information content (AvgIpc) is 3.26. The second-order valence-electron chi connectivity index (χ2n) is 7.41. The van der Waals surface area contributed by atoms with Crippen molar-refractivity contribution in [3.63, 3.8) is 0 Å². The quantitative estimate of drug-likeness (QED) is 0.441. The van der Waals surface area contributed by atoms with E-state index < -0.39 is 17.8 Å². The Morgan fingerprint density at radius 1 is 0.875 bits per heavy atom. The molecule has 0 spiro atoms. The predicted octanol–water partition coefficient (Wildman–Crippen LogP) is 3.81. The summed E-state index contributed by atoms with van der Waals surface area (Å²) < 4.78 is 6.96. The van der Waals surface area contributed by atoms with Crippen LogP contribution in [0.2, 0.25) is 0 Å². The third kappa shape index (κ3) is 3.98. The summed E-state index contributed by atoms with van der Waals surface area (Å²) in [7, 11) is 1.49. The maximum absolute atomic E-state index is 13.3. The largest absolute Gasteiger partial charge is 0.383 e. The number of para-hydroxylation sites is 1. The van der Waals surface area contributed by atoms with Gasteiger partial charge in [-0.1, -0.05) is 30.3 Å². The molecule has 32 heavy (non-hydrogen) atoms. The number of carbonyl (C=O) groups excluding carboxylic acids is 3. The summed E-state index contributed by atoms with van der Waals surface area (Å²) in [6, 6.07) is 19.5. The van der Waals surface area contributed by atoms with Crippen LogP contribution in [0.4, 0.5) is 10.5 Å². The second kappa shape index (κ2) is 9.03. The van der Waals surface area contributed by atoms with Gasteiger partial charge < -0.3 is 9.30 Å². The highest BCUT2D eigenvalue weighted by molar-refractivity contribution is 6.39. The van der Waals surface area contributed by atoms with Crippen LogP contribution in [0, 0.1) is 6.92 Å². The number of amides is 4. The Morgan fingerprint density at radius 3 is 2.34 bits per heavy atom. The fourth-order valence-corrected chi connectivity index (χ4v) is 3.63. The van der Waals surface area contributed by atoms with Crippen molar-refractivity contribution in [1.82, 2.24) is 9.47 Å². The Balaban J connectivity index is 1.80. The molecule has 1 aliphatic heterocycles. The standard InChI is InChI=1S/C25H23N3O4/c1-18-8-6-11-20(16-18)26-13-7-12-21(26)17-22-23(29)27(14-15-32-2)25(31)28(24(22)30)19-9-4-3-5-10-19/h3-13,16-17H,14-15H2,1-2H3/b22-17-. The zero-order chi connectivity index (χ0) is 22.7. The van der Waals surface area contributed by atoms with Crippen LogP contribution in [0.25, 0.3) is 11.8 Å². The van der Waals surface area contributed by atoms with Crippen molar-refractivity contribution in [1.29, 1.82) is 0 Å². The lowest BCUT2D eigenvalue weighted by molar-refractivity contribution is -0.129. The summed E-state index contributed by atoms with van der Waals surface area (Å²) >= 11 is 0. The number of rotatable bonds is 6. The van der Waals surface area contributed by atoms with Gasteiger partial charge in [-0.15, -0.1) is 0 Å². The van der Waals surface area contributed by atoms with Gasteiger partial charge in [0.15, 0.2) is 0 Å². The van der Waals surface area contributed by atoms with E-state index in [2.05, 4.69) is 0 Å². The van der Waals surface area contributed by atoms with Gasteiger partial charge in [0.1, 0.15) is 5.57 Å². The van der Waals surface area contributed by atoms with E-state index in [1.54, 1.807) is 30.3 Å². The normalized spacial score (nSPS) is 15.7. The Labute approximate surface area is 186 Å². The number of anilines is 1. The number of barbiturate groups is 1. The van der Waals surface area contributed by atoms with Gasteiger partial charge in [-0.25, -0.2) is 9.69 Å². The molecule has 7 heteroatoms. The van der Waals surface area contributed by atoms with E-state index in [1.165, 1.54) is 13.2 Å². The van der Waals surface area contributed by atoms with Crippen molar-refractivity contribution >= 4 is 29.6 Å². The summed E-state index contributed by atoms with van der Waals surface area (Å²) in [5.74, 6) is -1.29. The van der Waals surface area contributed by atoms with Crippen molar-refractivity contribution in [2.75, 3.05) is 25.2 Å². The molecule has 0 atom stereocenters. The summed E-state index contributed by atoms with van der Waals surface area (Å²) in [6.45, 7) is 2.21. The van der Waals surface area contributed by atoms with Crippen LogP contribution in [-0.2, 0) is 14.3 Å². The summed E-state index contributed by atoms with van der Waals surface area (Å²) in [4.78, 5) is 41.6. The molecule has 7 nitrogen and oxygen atoms in total. The lowest BCUT2D eigenvalue weighted by atomic mass is 10.1. The first-order chi connectivity index (χ1) is 15.5. The van der Waals surface area contributed by atoms with Gasteiger partial charge in [0, 0.05) is 24.7 Å². The van der Waals surface area contributed by atoms with E-state index in [1.807, 2.05) is 54.1 Å². The minimum Gasteiger partial charge on any atom is -0.383 e. The summed E-state index contributed by atoms with van der Waals surface area (Å²) in [5, 5.41) is 0. The molecule has 2 heterocycles. The first kappa shape index (κ1) is 21.3. The van der Waals surface area contributed by atoms with Gasteiger partial charge in [0.05, 0.1) is 18.8 Å². The number of ether oxygens (including phenoxy) is 1. The molecule has 1 saturated heterocycles. The maximum atomic E-state index is 13.3. The average molecular weight is 429 g/mol. The lowest BCUT2D eigenvalue weighted by Gasteiger charge is -2.33. The first-order valence-electron chi connectivity index (χ1n) is 10.2. The number of benzene rings is 2. The topological polar surface area (TPSA) is 71.8 Å². The predicted molar refractivity (Wildman–Crippen MR) is 121 cm³/mol. The van der Waals surface area contributed by atoms with Crippen LogP contribution in [0.3, 0.4) is 0 Å². The van der Waals surface area contributed by atoms with Crippen molar-refractivity contribution in [2.24, 2.45) is 0 Å². The molecule has 0 saturated carbocycles. The number of urea groups is 1. The number of hydrogen-bond acceptors (Lipinski definition) is 4. The Morgan fingerprint density at radius 2 is 1.62 bits per heavy atom. The SMILES string of the molecule is COCCN1C(=O)/C(=C/c2cccn2-c2cccc(C)c2)C(=O)N(c2ccccc2)C1=O. The van der Waals surface area contributed by atoms with Crippen LogP contribution in [0.1, 0.15) is 11.3 Å². The molecule has 0 unspecified atom stereocenters. The van der Waals surface area contributed by atoms with E-state index in [-0.39, 0.29) is 18.7 Å². The van der Waals surface area contributed by atoms with Gasteiger partial charge in [-0.3, -0.25) is 14.5 Å². The Hall–Kier alpha value is -3.97. The Kier molecular flexibility index (Phi) is 6.00. The van der Waals surface area contributed by atoms with Crippen molar-refractivity contribution in [2.45, 2.75) is 6.92 Å². The molecule has 0 aliphatic carbocycles. The minimum atomic E-state index is -0.686. The molecule has 4 rings (SSSR count). The van der Waals surface area contributed by atoms with Crippen LogP contribution in [0.15, 0.2) is 78.5 Å². The van der Waals surface area contributed by atoms with Crippen molar-refractivity contribution in [3.05, 3.63) is 89.8 Å². The fourth-order valence-electron chi connectivity index (χ4n) is 3.63. The molecule has 4 amide bonds. The first-order valence-corrected chi connectivity index (χ1v) is 10.2. The Bertz CT molecular complexity index is 1200. The number of hydrogen-bond donors (Lipinski definition) is 0. The van der Waals surface area contributed by atoms with Crippen LogP contribution >= 0.6 is 0 Å². The lowest BCUT2D eigenvalue weighted by Crippen LogP contribution is -2.57. The van der Waals surface area contributed by atoms with Crippen LogP contribution < -0.4 is 4.90 Å². The molecule has 3 aromatic rings. The minimum absolute atomic E-state index is 0.0427. The van der Waals surface area contributed by atoms with E-state index in [4.69, 9.17) is 4.74 Å². The van der Waals surface area contributed by atoms with Crippen molar-refractivity contribution in [3.8, 4) is 5.69 Å². The molecular weight excluding hydrogens is 406 g/mol. The number of aryl methyl sites for hydroxylation is 1. The molecule has 0 bridgehead atoms. The number of nitrogens with zero attached hydrogens (tertiary/aromatic N) is 3. The molecule has 0 N–H and O–H groups in total. The van der Waals surface area contributed by atoms with E-state index in [9.17, 15) is 14.4 Å². The molecule has 1 fully saturated rings. The van der Waals surface area contributed by atoms with Gasteiger partial charge in [0.2, 0.25) is 0 Å². The van der Waals surface area contributed by atoms with Crippen LogP contribution in [-0.4, -0.2) is 47.6 Å². The molecular formula is C25H23N3O4. The molecule has 2 aromatic carbocycles. The number of carbonyl (C=O) groups is 3. The van der Waals surface area contributed by atoms with E-state index >= 15 is 0 Å². The second-order valence-corrected chi connectivity index (χ2v) is 7.41. The molecule has 1 aliphatic rings. The molecule has 1 aromatic heterocycles. The zero-order valence-electron chi connectivity index (χ0n) is 17.9. The highest BCUT2D eigenvalue weighted by atomic mass is 16.5. The van der Waals surface area contributed by atoms with Crippen LogP contribution in [0.5, 0.6) is 0 Å². The zero-order valence-corrected chi connectivity index (χ0v) is 17.9. The third-order valence-corrected chi connectivity index (χ3v) is 5.22. The molecule has 0 radical (unpaired) electrons. The molecule has 162 valence electrons. The highest BCUT2D eigenvalue weighted by Crippen LogP contribution is 2.26. The fraction of sp³-hybridized carbons (Fsp3) is 0.160. The van der Waals surface area contributed by atoms with E-state index in [0.29, 0.717) is 11.4 Å². The monoisotopic (exact) mass is 429 g/mol. The number of methoxy groups -OCH3 is 1. The summed E-state index contributed by atoms with van der Waals surface area (Å²) in [5.41, 5.74) is 2.96. The van der Waals surface area contributed by atoms with Crippen molar-refractivity contribution < 1.29 is 19.1 Å². The maximum Gasteiger partial charge on any atom is 0.338 e.